The van der Waals surface area contributed by atoms with Gasteiger partial charge in [-0.15, -0.1) is 5.11 Å². The van der Waals surface area contributed by atoms with Gasteiger partial charge in [0.1, 0.15) is 0 Å². The molecule has 0 saturated carbocycles. The van der Waals surface area contributed by atoms with Crippen molar-refractivity contribution in [3.05, 3.63) is 51.9 Å². The summed E-state index contributed by atoms with van der Waals surface area (Å²) in [5.41, 5.74) is 0.954. The highest BCUT2D eigenvalue weighted by atomic mass is 16.5. The van der Waals surface area contributed by atoms with Crippen LogP contribution in [0.5, 0.6) is 5.95 Å². The zero-order chi connectivity index (χ0) is 13.8. The van der Waals surface area contributed by atoms with Crippen LogP contribution in [0.2, 0.25) is 0 Å². The monoisotopic (exact) mass is 255 g/mol. The second-order valence-corrected chi connectivity index (χ2v) is 3.76. The summed E-state index contributed by atoms with van der Waals surface area (Å²) in [6.45, 7) is 1.61. The van der Waals surface area contributed by atoms with Gasteiger partial charge in [-0.2, -0.15) is 10.4 Å². The first kappa shape index (κ1) is 12.5. The summed E-state index contributed by atoms with van der Waals surface area (Å²) in [6.07, 6.45) is 0. The van der Waals surface area contributed by atoms with Gasteiger partial charge in [-0.25, -0.2) is 4.79 Å². The van der Waals surface area contributed by atoms with Gasteiger partial charge in [0.15, 0.2) is 5.69 Å². The second-order valence-electron chi connectivity index (χ2n) is 3.76. The highest BCUT2D eigenvalue weighted by Gasteiger charge is 2.08. The molecular weight excluding hydrogens is 246 g/mol. The van der Waals surface area contributed by atoms with Gasteiger partial charge < -0.3 is 9.52 Å². The number of nitrogens with zero attached hydrogens (tertiary/aromatic N) is 3. The van der Waals surface area contributed by atoms with Crippen molar-refractivity contribution in [2.75, 3.05) is 0 Å². The average molecular weight is 255 g/mol. The zero-order valence-electron chi connectivity index (χ0n) is 9.99. The van der Waals surface area contributed by atoms with Crippen LogP contribution in [0.1, 0.15) is 11.1 Å². The molecule has 19 heavy (non-hydrogen) atoms. The molecule has 0 aliphatic rings. The SMILES string of the molecule is Cc1cc(=O)oc(O)c1N=Nc1ccc(C#N)cc1. The number of rotatable bonds is 2. The van der Waals surface area contributed by atoms with E-state index in [9.17, 15) is 9.90 Å². The molecule has 2 rings (SSSR count). The number of hydrogen-bond acceptors (Lipinski definition) is 6. The van der Waals surface area contributed by atoms with Gasteiger partial charge in [-0.05, 0) is 36.8 Å². The topological polar surface area (TPSA) is 98.9 Å². The highest BCUT2D eigenvalue weighted by molar-refractivity contribution is 5.51. The van der Waals surface area contributed by atoms with Crippen molar-refractivity contribution in [2.45, 2.75) is 6.92 Å². The first-order chi connectivity index (χ1) is 9.10. The Balaban J connectivity index is 2.32. The van der Waals surface area contributed by atoms with Crippen molar-refractivity contribution in [2.24, 2.45) is 10.2 Å². The van der Waals surface area contributed by atoms with E-state index < -0.39 is 11.6 Å². The molecule has 0 saturated heterocycles. The maximum atomic E-state index is 11.0. The van der Waals surface area contributed by atoms with Crippen molar-refractivity contribution in [3.8, 4) is 12.0 Å². The fourth-order valence-corrected chi connectivity index (χ4v) is 1.42. The Morgan fingerprint density at radius 3 is 2.53 bits per heavy atom. The third kappa shape index (κ3) is 2.84. The molecule has 94 valence electrons. The first-order valence-corrected chi connectivity index (χ1v) is 5.36. The van der Waals surface area contributed by atoms with Crippen LogP contribution in [-0.4, -0.2) is 5.11 Å². The van der Waals surface area contributed by atoms with Gasteiger partial charge in [0.2, 0.25) is 0 Å². The molecule has 0 bridgehead atoms. The lowest BCUT2D eigenvalue weighted by Gasteiger charge is -1.99. The Labute approximate surface area is 108 Å². The van der Waals surface area contributed by atoms with E-state index in [0.29, 0.717) is 16.8 Å². The van der Waals surface area contributed by atoms with E-state index >= 15 is 0 Å². The van der Waals surface area contributed by atoms with Crippen LogP contribution in [0.15, 0.2) is 49.8 Å². The second kappa shape index (κ2) is 5.14. The molecule has 0 atom stereocenters. The smallest absolute Gasteiger partial charge is 0.338 e. The van der Waals surface area contributed by atoms with Crippen LogP contribution >= 0.6 is 0 Å². The Bertz CT molecular complexity index is 698. The third-order valence-electron chi connectivity index (χ3n) is 2.37. The summed E-state index contributed by atoms with van der Waals surface area (Å²) in [5.74, 6) is -0.567. The Morgan fingerprint density at radius 2 is 1.95 bits per heavy atom. The van der Waals surface area contributed by atoms with E-state index in [4.69, 9.17) is 5.26 Å². The van der Waals surface area contributed by atoms with E-state index in [2.05, 4.69) is 14.6 Å². The standard InChI is InChI=1S/C13H9N3O3/c1-8-6-11(17)19-13(18)12(8)16-15-10-4-2-9(7-14)3-5-10/h2-6,18H,1H3. The summed E-state index contributed by atoms with van der Waals surface area (Å²) in [5, 5.41) is 25.9. The van der Waals surface area contributed by atoms with Gasteiger partial charge in [0, 0.05) is 6.07 Å². The zero-order valence-corrected chi connectivity index (χ0v) is 9.99. The number of hydrogen-bond donors (Lipinski definition) is 1. The summed E-state index contributed by atoms with van der Waals surface area (Å²) in [7, 11) is 0. The molecule has 1 aromatic carbocycles. The van der Waals surface area contributed by atoms with Crippen LogP contribution < -0.4 is 5.63 Å². The number of benzene rings is 1. The molecule has 1 heterocycles. The maximum absolute atomic E-state index is 11.0. The summed E-state index contributed by atoms with van der Waals surface area (Å²) < 4.78 is 4.52. The van der Waals surface area contributed by atoms with Crippen LogP contribution in [0.3, 0.4) is 0 Å². The van der Waals surface area contributed by atoms with Crippen molar-refractivity contribution >= 4 is 11.4 Å². The predicted octanol–water partition coefficient (Wildman–Crippen LogP) is 2.94. The quantitative estimate of drug-likeness (QED) is 0.834. The van der Waals surface area contributed by atoms with Crippen molar-refractivity contribution in [1.29, 1.82) is 5.26 Å². The van der Waals surface area contributed by atoms with Gasteiger partial charge in [0.25, 0.3) is 0 Å². The molecule has 2 aromatic rings. The third-order valence-corrected chi connectivity index (χ3v) is 2.37. The first-order valence-electron chi connectivity index (χ1n) is 5.36. The molecular formula is C13H9N3O3. The maximum Gasteiger partial charge on any atom is 0.338 e. The van der Waals surface area contributed by atoms with Gasteiger partial charge >= 0.3 is 11.6 Å². The highest BCUT2D eigenvalue weighted by Crippen LogP contribution is 2.29. The van der Waals surface area contributed by atoms with Crippen LogP contribution in [0.25, 0.3) is 0 Å². The van der Waals surface area contributed by atoms with E-state index in [1.165, 1.54) is 6.07 Å². The molecule has 0 amide bonds. The molecule has 0 unspecified atom stereocenters. The minimum absolute atomic E-state index is 0.101. The minimum Gasteiger partial charge on any atom is -0.479 e. The van der Waals surface area contributed by atoms with E-state index in [1.54, 1.807) is 31.2 Å². The van der Waals surface area contributed by atoms with Crippen molar-refractivity contribution < 1.29 is 9.52 Å². The Hall–Kier alpha value is -2.94. The van der Waals surface area contributed by atoms with Gasteiger partial charge in [0.05, 0.1) is 17.3 Å². The van der Waals surface area contributed by atoms with Crippen LogP contribution in [-0.2, 0) is 0 Å². The molecule has 0 spiro atoms. The number of aryl methyl sites for hydroxylation is 1. The fourth-order valence-electron chi connectivity index (χ4n) is 1.42. The molecule has 6 heteroatoms. The van der Waals surface area contributed by atoms with E-state index in [0.717, 1.165) is 0 Å². The number of nitriles is 1. The van der Waals surface area contributed by atoms with Crippen molar-refractivity contribution in [1.82, 2.24) is 0 Å². The average Bonchev–Trinajstić information content (AvgIpc) is 2.38. The molecule has 6 nitrogen and oxygen atoms in total. The lowest BCUT2D eigenvalue weighted by molar-refractivity contribution is 0.311. The predicted molar refractivity (Wildman–Crippen MR) is 66.7 cm³/mol. The van der Waals surface area contributed by atoms with Gasteiger partial charge in [-0.1, -0.05) is 0 Å². The Kier molecular flexibility index (Phi) is 3.39. The minimum atomic E-state index is -0.646. The normalized spacial score (nSPS) is 10.5. The Morgan fingerprint density at radius 1 is 1.26 bits per heavy atom. The summed E-state index contributed by atoms with van der Waals surface area (Å²) in [6, 6.07) is 9.65. The molecule has 0 radical (unpaired) electrons. The fraction of sp³-hybridized carbons (Fsp3) is 0.0769. The lowest BCUT2D eigenvalue weighted by atomic mass is 10.2. The van der Waals surface area contributed by atoms with Crippen molar-refractivity contribution in [3.63, 3.8) is 0 Å². The summed E-state index contributed by atoms with van der Waals surface area (Å²) >= 11 is 0. The summed E-state index contributed by atoms with van der Waals surface area (Å²) in [4.78, 5) is 11.0. The molecule has 0 aliphatic heterocycles. The lowest BCUT2D eigenvalue weighted by Crippen LogP contribution is -1.96. The molecule has 0 aliphatic carbocycles. The number of aromatic hydroxyl groups is 1. The number of azo groups is 1. The molecule has 0 fully saturated rings. The molecule has 1 aromatic heterocycles. The van der Waals surface area contributed by atoms with Crippen LogP contribution in [0, 0.1) is 18.3 Å². The van der Waals surface area contributed by atoms with Crippen LogP contribution in [0.4, 0.5) is 11.4 Å². The van der Waals surface area contributed by atoms with Gasteiger partial charge in [-0.3, -0.25) is 0 Å². The van der Waals surface area contributed by atoms with E-state index in [-0.39, 0.29) is 5.69 Å². The van der Waals surface area contributed by atoms with E-state index in [1.807, 2.05) is 6.07 Å². The largest absolute Gasteiger partial charge is 0.479 e. The molecule has 1 N–H and O–H groups in total.